The van der Waals surface area contributed by atoms with E-state index < -0.39 is 0 Å². The van der Waals surface area contributed by atoms with Crippen LogP contribution in [0.1, 0.15) is 26.2 Å². The van der Waals surface area contributed by atoms with Gasteiger partial charge in [0, 0.05) is 12.6 Å². The Morgan fingerprint density at radius 2 is 2.08 bits per heavy atom. The highest BCUT2D eigenvalue weighted by atomic mass is 16.5. The smallest absolute Gasteiger partial charge is 0.0756 e. The summed E-state index contributed by atoms with van der Waals surface area (Å²) >= 11 is 0. The van der Waals surface area contributed by atoms with E-state index in [2.05, 4.69) is 19.3 Å². The summed E-state index contributed by atoms with van der Waals surface area (Å²) in [5.74, 6) is 1.66. The van der Waals surface area contributed by atoms with E-state index in [0.29, 0.717) is 12.1 Å². The predicted molar refractivity (Wildman–Crippen MR) is 49.1 cm³/mol. The maximum atomic E-state index is 5.76. The van der Waals surface area contributed by atoms with E-state index in [0.717, 1.165) is 18.4 Å². The molecule has 2 rings (SSSR count). The Morgan fingerprint density at radius 3 is 2.50 bits per heavy atom. The van der Waals surface area contributed by atoms with E-state index in [1.807, 2.05) is 0 Å². The van der Waals surface area contributed by atoms with Crippen LogP contribution in [0.5, 0.6) is 0 Å². The van der Waals surface area contributed by atoms with Crippen molar-refractivity contribution in [1.82, 2.24) is 5.32 Å². The second-order valence-corrected chi connectivity index (χ2v) is 4.25. The monoisotopic (exact) mass is 169 g/mol. The average molecular weight is 169 g/mol. The molecule has 2 fully saturated rings. The van der Waals surface area contributed by atoms with Crippen LogP contribution < -0.4 is 5.32 Å². The highest BCUT2D eigenvalue weighted by molar-refractivity contribution is 4.94. The summed E-state index contributed by atoms with van der Waals surface area (Å²) in [7, 11) is 2.07. The van der Waals surface area contributed by atoms with E-state index in [-0.39, 0.29) is 0 Å². The van der Waals surface area contributed by atoms with Crippen molar-refractivity contribution in [3.63, 3.8) is 0 Å². The molecule has 12 heavy (non-hydrogen) atoms. The standard InChI is InChI=1S/C10H19NO/c1-7-5-6-12-10(7)9(11-2)8-3-4-8/h7-11H,3-6H2,1-2H3. The van der Waals surface area contributed by atoms with E-state index in [1.54, 1.807) is 0 Å². The molecule has 1 N–H and O–H groups in total. The number of hydrogen-bond donors (Lipinski definition) is 1. The highest BCUT2D eigenvalue weighted by Gasteiger charge is 2.40. The zero-order chi connectivity index (χ0) is 8.55. The summed E-state index contributed by atoms with van der Waals surface area (Å²) in [6, 6.07) is 0.627. The quantitative estimate of drug-likeness (QED) is 0.689. The Morgan fingerprint density at radius 1 is 1.33 bits per heavy atom. The maximum Gasteiger partial charge on any atom is 0.0756 e. The van der Waals surface area contributed by atoms with Crippen molar-refractivity contribution < 1.29 is 4.74 Å². The first-order valence-electron chi connectivity index (χ1n) is 5.12. The normalized spacial score (nSPS) is 38.5. The Labute approximate surface area is 74.7 Å². The number of rotatable bonds is 3. The lowest BCUT2D eigenvalue weighted by Gasteiger charge is -2.25. The van der Waals surface area contributed by atoms with Gasteiger partial charge in [0.25, 0.3) is 0 Å². The molecule has 3 atom stereocenters. The van der Waals surface area contributed by atoms with Gasteiger partial charge in [-0.05, 0) is 38.1 Å². The van der Waals surface area contributed by atoms with E-state index in [9.17, 15) is 0 Å². The number of ether oxygens (including phenoxy) is 1. The molecule has 3 unspecified atom stereocenters. The van der Waals surface area contributed by atoms with Gasteiger partial charge in [0.1, 0.15) is 0 Å². The van der Waals surface area contributed by atoms with Gasteiger partial charge in [-0.2, -0.15) is 0 Å². The van der Waals surface area contributed by atoms with Gasteiger partial charge in [-0.3, -0.25) is 0 Å². The Kier molecular flexibility index (Phi) is 2.37. The molecule has 0 aromatic carbocycles. The number of likely N-dealkylation sites (N-methyl/N-ethyl adjacent to an activating group) is 1. The lowest BCUT2D eigenvalue weighted by Crippen LogP contribution is -2.41. The van der Waals surface area contributed by atoms with Crippen molar-refractivity contribution in [3.8, 4) is 0 Å². The molecular formula is C10H19NO. The zero-order valence-corrected chi connectivity index (χ0v) is 8.05. The molecule has 0 bridgehead atoms. The summed E-state index contributed by atoms with van der Waals surface area (Å²) in [6.45, 7) is 3.28. The van der Waals surface area contributed by atoms with Crippen molar-refractivity contribution in [2.45, 2.75) is 38.3 Å². The topological polar surface area (TPSA) is 21.3 Å². The van der Waals surface area contributed by atoms with Gasteiger partial charge in [-0.1, -0.05) is 6.92 Å². The fraction of sp³-hybridized carbons (Fsp3) is 1.00. The van der Waals surface area contributed by atoms with Gasteiger partial charge in [0.05, 0.1) is 6.10 Å². The molecule has 1 heterocycles. The minimum Gasteiger partial charge on any atom is -0.376 e. The molecule has 1 aliphatic heterocycles. The lowest BCUT2D eigenvalue weighted by atomic mass is 9.95. The van der Waals surface area contributed by atoms with Gasteiger partial charge in [-0.25, -0.2) is 0 Å². The number of nitrogens with one attached hydrogen (secondary N) is 1. The maximum absolute atomic E-state index is 5.76. The molecule has 0 radical (unpaired) electrons. The third-order valence-corrected chi connectivity index (χ3v) is 3.26. The summed E-state index contributed by atoms with van der Waals surface area (Å²) in [5, 5.41) is 3.41. The first-order valence-corrected chi connectivity index (χ1v) is 5.12. The molecule has 2 heteroatoms. The number of hydrogen-bond acceptors (Lipinski definition) is 2. The average Bonchev–Trinajstić information content (AvgIpc) is 2.80. The van der Waals surface area contributed by atoms with Crippen LogP contribution in [0.15, 0.2) is 0 Å². The van der Waals surface area contributed by atoms with Crippen LogP contribution in [-0.4, -0.2) is 25.8 Å². The van der Waals surface area contributed by atoms with Crippen molar-refractivity contribution in [2.24, 2.45) is 11.8 Å². The molecule has 0 aromatic rings. The highest BCUT2D eigenvalue weighted by Crippen LogP contribution is 2.38. The van der Waals surface area contributed by atoms with Gasteiger partial charge in [0.15, 0.2) is 0 Å². The van der Waals surface area contributed by atoms with Gasteiger partial charge in [0.2, 0.25) is 0 Å². The molecule has 2 aliphatic rings. The van der Waals surface area contributed by atoms with Gasteiger partial charge in [-0.15, -0.1) is 0 Å². The largest absolute Gasteiger partial charge is 0.376 e. The first kappa shape index (κ1) is 8.52. The molecule has 1 aliphatic carbocycles. The van der Waals surface area contributed by atoms with Crippen LogP contribution in [0, 0.1) is 11.8 Å². The summed E-state index contributed by atoms with van der Waals surface area (Å²) in [6.07, 6.45) is 4.54. The van der Waals surface area contributed by atoms with Crippen LogP contribution in [0.4, 0.5) is 0 Å². The molecular weight excluding hydrogens is 150 g/mol. The third-order valence-electron chi connectivity index (χ3n) is 3.26. The van der Waals surface area contributed by atoms with Crippen molar-refractivity contribution >= 4 is 0 Å². The summed E-state index contributed by atoms with van der Waals surface area (Å²) < 4.78 is 5.76. The predicted octanol–water partition coefficient (Wildman–Crippen LogP) is 1.41. The van der Waals surface area contributed by atoms with E-state index >= 15 is 0 Å². The molecule has 0 spiro atoms. The van der Waals surface area contributed by atoms with Gasteiger partial charge >= 0.3 is 0 Å². The van der Waals surface area contributed by atoms with Crippen LogP contribution in [0.3, 0.4) is 0 Å². The summed E-state index contributed by atoms with van der Waals surface area (Å²) in [4.78, 5) is 0. The van der Waals surface area contributed by atoms with Crippen LogP contribution in [0.2, 0.25) is 0 Å². The second-order valence-electron chi connectivity index (χ2n) is 4.25. The first-order chi connectivity index (χ1) is 5.83. The van der Waals surface area contributed by atoms with Crippen molar-refractivity contribution in [1.29, 1.82) is 0 Å². The molecule has 1 saturated carbocycles. The molecule has 1 saturated heterocycles. The molecule has 2 nitrogen and oxygen atoms in total. The third kappa shape index (κ3) is 1.50. The summed E-state index contributed by atoms with van der Waals surface area (Å²) in [5.41, 5.74) is 0. The zero-order valence-electron chi connectivity index (χ0n) is 8.05. The Hall–Kier alpha value is -0.0800. The van der Waals surface area contributed by atoms with Crippen LogP contribution in [0.25, 0.3) is 0 Å². The Bertz CT molecular complexity index is 156. The molecule has 0 amide bonds. The van der Waals surface area contributed by atoms with Crippen LogP contribution in [-0.2, 0) is 4.74 Å². The van der Waals surface area contributed by atoms with Crippen LogP contribution >= 0.6 is 0 Å². The van der Waals surface area contributed by atoms with E-state index in [4.69, 9.17) is 4.74 Å². The SMILES string of the molecule is CNC(C1CC1)C1OCCC1C. The van der Waals surface area contributed by atoms with Crippen molar-refractivity contribution in [2.75, 3.05) is 13.7 Å². The Balaban J connectivity index is 1.94. The lowest BCUT2D eigenvalue weighted by molar-refractivity contribution is 0.0566. The van der Waals surface area contributed by atoms with E-state index in [1.165, 1.54) is 19.3 Å². The fourth-order valence-corrected chi connectivity index (χ4v) is 2.30. The molecule has 0 aromatic heterocycles. The van der Waals surface area contributed by atoms with Crippen molar-refractivity contribution in [3.05, 3.63) is 0 Å². The molecule has 70 valence electrons. The second kappa shape index (κ2) is 3.35. The minimum atomic E-state index is 0.488. The minimum absolute atomic E-state index is 0.488. The van der Waals surface area contributed by atoms with Gasteiger partial charge < -0.3 is 10.1 Å². The fourth-order valence-electron chi connectivity index (χ4n) is 2.30.